The molecule has 1 saturated heterocycles. The minimum atomic E-state index is -0.127. The Bertz CT molecular complexity index is 1440. The second-order valence-corrected chi connectivity index (χ2v) is 9.69. The molecule has 0 radical (unpaired) electrons. The summed E-state index contributed by atoms with van der Waals surface area (Å²) >= 11 is 1.31. The minimum Gasteiger partial charge on any atom is -0.467 e. The summed E-state index contributed by atoms with van der Waals surface area (Å²) in [5, 5.41) is 9.18. The molecule has 0 atom stereocenters. The van der Waals surface area contributed by atoms with Crippen LogP contribution in [-0.2, 0) is 11.3 Å². The van der Waals surface area contributed by atoms with Crippen LogP contribution in [0, 0.1) is 0 Å². The fourth-order valence-corrected chi connectivity index (χ4v) is 4.77. The molecule has 0 spiro atoms. The third-order valence-corrected chi connectivity index (χ3v) is 6.85. The molecule has 1 amide bonds. The van der Waals surface area contributed by atoms with E-state index in [9.17, 15) is 4.79 Å². The third-order valence-electron chi connectivity index (χ3n) is 5.86. The van der Waals surface area contributed by atoms with Crippen molar-refractivity contribution in [3.8, 4) is 11.1 Å². The normalized spacial score (nSPS) is 15.8. The summed E-state index contributed by atoms with van der Waals surface area (Å²) in [6.45, 7) is 0.287. The van der Waals surface area contributed by atoms with Gasteiger partial charge in [-0.3, -0.25) is 9.69 Å². The predicted octanol–water partition coefficient (Wildman–Crippen LogP) is 6.52. The van der Waals surface area contributed by atoms with E-state index in [1.165, 1.54) is 11.8 Å². The molecule has 1 fully saturated rings. The lowest BCUT2D eigenvalue weighted by Crippen LogP contribution is -2.28. The number of thioether (sulfide) groups is 1. The topological polar surface area (TPSA) is 61.4 Å². The van der Waals surface area contributed by atoms with Crippen LogP contribution >= 0.6 is 11.8 Å². The van der Waals surface area contributed by atoms with Gasteiger partial charge in [0.15, 0.2) is 5.17 Å². The molecular weight excluding hydrogens is 480 g/mol. The number of amides is 1. The maximum Gasteiger partial charge on any atom is 0.267 e. The fourth-order valence-electron chi connectivity index (χ4n) is 3.84. The van der Waals surface area contributed by atoms with Crippen molar-refractivity contribution in [3.05, 3.63) is 119 Å². The molecule has 0 N–H and O–H groups in total. The molecule has 0 unspecified atom stereocenters. The van der Waals surface area contributed by atoms with E-state index >= 15 is 0 Å². The van der Waals surface area contributed by atoms with E-state index in [0.717, 1.165) is 27.9 Å². The van der Waals surface area contributed by atoms with Crippen LogP contribution in [0.25, 0.3) is 17.2 Å². The SMILES string of the molecule is CN(C)c1ccc(/C=N/N=C2\S/C(=C\c3ccc(-c4ccccc4)cc3)C(=O)N2Cc2ccco2)cc1. The molecule has 0 bridgehead atoms. The van der Waals surface area contributed by atoms with Gasteiger partial charge in [-0.25, -0.2) is 0 Å². The number of hydrogen-bond donors (Lipinski definition) is 0. The Morgan fingerprint density at radius 1 is 0.865 bits per heavy atom. The number of hydrogen-bond acceptors (Lipinski definition) is 6. The first-order chi connectivity index (χ1) is 18.1. The largest absolute Gasteiger partial charge is 0.467 e. The zero-order chi connectivity index (χ0) is 25.6. The maximum atomic E-state index is 13.3. The minimum absolute atomic E-state index is 0.127. The van der Waals surface area contributed by atoms with Crippen molar-refractivity contribution >= 4 is 40.8 Å². The highest BCUT2D eigenvalue weighted by Gasteiger charge is 2.34. The molecule has 1 aliphatic rings. The van der Waals surface area contributed by atoms with Crippen LogP contribution in [-0.4, -0.2) is 36.3 Å². The van der Waals surface area contributed by atoms with E-state index in [2.05, 4.69) is 34.5 Å². The third kappa shape index (κ3) is 5.90. The van der Waals surface area contributed by atoms with Crippen LogP contribution in [0.4, 0.5) is 5.69 Å². The summed E-state index contributed by atoms with van der Waals surface area (Å²) in [6.07, 6.45) is 5.18. The zero-order valence-corrected chi connectivity index (χ0v) is 21.4. The molecule has 2 heterocycles. The van der Waals surface area contributed by atoms with Crippen molar-refractivity contribution in [2.75, 3.05) is 19.0 Å². The quantitative estimate of drug-likeness (QED) is 0.163. The maximum absolute atomic E-state index is 13.3. The highest BCUT2D eigenvalue weighted by Crippen LogP contribution is 2.34. The van der Waals surface area contributed by atoms with Gasteiger partial charge in [0.25, 0.3) is 5.91 Å². The average molecular weight is 507 g/mol. The average Bonchev–Trinajstić information content (AvgIpc) is 3.54. The number of anilines is 1. The van der Waals surface area contributed by atoms with Gasteiger partial charge in [0.05, 0.1) is 23.9 Å². The van der Waals surface area contributed by atoms with Gasteiger partial charge in [0.2, 0.25) is 0 Å². The van der Waals surface area contributed by atoms with Crippen LogP contribution in [0.5, 0.6) is 0 Å². The van der Waals surface area contributed by atoms with Crippen molar-refractivity contribution < 1.29 is 9.21 Å². The molecule has 1 aromatic heterocycles. The molecule has 5 rings (SSSR count). The smallest absolute Gasteiger partial charge is 0.267 e. The number of carbonyl (C=O) groups excluding carboxylic acids is 1. The van der Waals surface area contributed by atoms with Crippen molar-refractivity contribution in [3.63, 3.8) is 0 Å². The van der Waals surface area contributed by atoms with Crippen LogP contribution in [0.1, 0.15) is 16.9 Å². The van der Waals surface area contributed by atoms with E-state index in [1.807, 2.05) is 85.7 Å². The standard InChI is InChI=1S/C30H26N4O2S/c1-33(2)26-16-12-23(13-17-26)20-31-32-30-34(21-27-9-6-18-36-27)29(35)28(37-30)19-22-10-14-25(15-11-22)24-7-4-3-5-8-24/h3-20H,21H2,1-2H3/b28-19-,31-20+,32-30-. The number of furan rings is 1. The number of rotatable bonds is 7. The molecular formula is C30H26N4O2S. The highest BCUT2D eigenvalue weighted by atomic mass is 32.2. The Morgan fingerprint density at radius 3 is 2.24 bits per heavy atom. The van der Waals surface area contributed by atoms with E-state index in [-0.39, 0.29) is 12.5 Å². The lowest BCUT2D eigenvalue weighted by Gasteiger charge is -2.12. The Morgan fingerprint density at radius 2 is 1.57 bits per heavy atom. The first kappa shape index (κ1) is 24.3. The van der Waals surface area contributed by atoms with Gasteiger partial charge < -0.3 is 9.32 Å². The van der Waals surface area contributed by atoms with E-state index in [4.69, 9.17) is 4.42 Å². The van der Waals surface area contributed by atoms with Crippen molar-refractivity contribution in [1.29, 1.82) is 0 Å². The summed E-state index contributed by atoms with van der Waals surface area (Å²) in [5.74, 6) is 0.552. The molecule has 0 saturated carbocycles. The molecule has 6 nitrogen and oxygen atoms in total. The second kappa shape index (κ2) is 11.1. The van der Waals surface area contributed by atoms with Crippen molar-refractivity contribution in [2.45, 2.75) is 6.54 Å². The van der Waals surface area contributed by atoms with Gasteiger partial charge in [-0.2, -0.15) is 5.10 Å². The zero-order valence-electron chi connectivity index (χ0n) is 20.6. The van der Waals surface area contributed by atoms with E-state index in [0.29, 0.717) is 15.8 Å². The number of nitrogens with zero attached hydrogens (tertiary/aromatic N) is 4. The summed E-state index contributed by atoms with van der Waals surface area (Å²) in [6, 6.07) is 30.0. The van der Waals surface area contributed by atoms with Crippen molar-refractivity contribution in [2.24, 2.45) is 10.2 Å². The lowest BCUT2D eigenvalue weighted by molar-refractivity contribution is -0.122. The van der Waals surface area contributed by atoms with Gasteiger partial charge in [-0.1, -0.05) is 66.7 Å². The Balaban J connectivity index is 1.38. The first-order valence-corrected chi connectivity index (χ1v) is 12.7. The van der Waals surface area contributed by atoms with Gasteiger partial charge in [-0.05, 0) is 64.4 Å². The lowest BCUT2D eigenvalue weighted by atomic mass is 10.0. The number of carbonyl (C=O) groups is 1. The first-order valence-electron chi connectivity index (χ1n) is 11.8. The van der Waals surface area contributed by atoms with Gasteiger partial charge in [0, 0.05) is 19.8 Å². The Hall–Kier alpha value is -4.36. The molecule has 37 heavy (non-hydrogen) atoms. The molecule has 3 aromatic carbocycles. The predicted molar refractivity (Wildman–Crippen MR) is 153 cm³/mol. The van der Waals surface area contributed by atoms with Crippen LogP contribution < -0.4 is 4.90 Å². The summed E-state index contributed by atoms with van der Waals surface area (Å²) < 4.78 is 5.49. The van der Waals surface area contributed by atoms with Crippen LogP contribution in [0.3, 0.4) is 0 Å². The molecule has 184 valence electrons. The summed E-state index contributed by atoms with van der Waals surface area (Å²) in [7, 11) is 4.00. The van der Waals surface area contributed by atoms with Crippen molar-refractivity contribution in [1.82, 2.24) is 4.90 Å². The Kier molecular flexibility index (Phi) is 7.33. The fraction of sp³-hybridized carbons (Fsp3) is 0.100. The monoisotopic (exact) mass is 506 g/mol. The number of benzene rings is 3. The van der Waals surface area contributed by atoms with Gasteiger partial charge in [-0.15, -0.1) is 5.10 Å². The van der Waals surface area contributed by atoms with Crippen LogP contribution in [0.2, 0.25) is 0 Å². The second-order valence-electron chi connectivity index (χ2n) is 8.68. The Labute approximate surface area is 220 Å². The highest BCUT2D eigenvalue weighted by molar-refractivity contribution is 8.18. The van der Waals surface area contributed by atoms with Gasteiger partial charge in [0.1, 0.15) is 5.76 Å². The van der Waals surface area contributed by atoms with Gasteiger partial charge >= 0.3 is 0 Å². The molecule has 7 heteroatoms. The number of amidine groups is 1. The molecule has 4 aromatic rings. The van der Waals surface area contributed by atoms with E-state index in [1.54, 1.807) is 23.4 Å². The van der Waals surface area contributed by atoms with Crippen LogP contribution in [0.15, 0.2) is 117 Å². The van der Waals surface area contributed by atoms with E-state index < -0.39 is 0 Å². The molecule has 0 aliphatic carbocycles. The summed E-state index contributed by atoms with van der Waals surface area (Å²) in [5.41, 5.74) is 5.26. The summed E-state index contributed by atoms with van der Waals surface area (Å²) in [4.78, 5) is 17.6. The molecule has 1 aliphatic heterocycles.